The predicted molar refractivity (Wildman–Crippen MR) is 91.8 cm³/mol. The normalized spacial score (nSPS) is 12.1. The van der Waals surface area contributed by atoms with Gasteiger partial charge in [-0.2, -0.15) is 0 Å². The van der Waals surface area contributed by atoms with Crippen LogP contribution in [0.5, 0.6) is 0 Å². The monoisotopic (exact) mass is 342 g/mol. The molecule has 0 aliphatic carbocycles. The average molecular weight is 343 g/mol. The van der Waals surface area contributed by atoms with E-state index in [1.54, 1.807) is 30.3 Å². The molecule has 122 valence electrons. The zero-order valence-electron chi connectivity index (χ0n) is 12.9. The van der Waals surface area contributed by atoms with E-state index in [-0.39, 0.29) is 24.1 Å². The summed E-state index contributed by atoms with van der Waals surface area (Å²) >= 11 is 6.12. The minimum absolute atomic E-state index is 0.203. The van der Waals surface area contributed by atoms with Gasteiger partial charge in [0.2, 0.25) is 5.91 Å². The van der Waals surface area contributed by atoms with Crippen molar-refractivity contribution < 1.29 is 4.79 Å². The van der Waals surface area contributed by atoms with Gasteiger partial charge in [0.15, 0.2) is 0 Å². The maximum Gasteiger partial charge on any atom is 0.278 e. The zero-order chi connectivity index (χ0) is 17.1. The topological polar surface area (TPSA) is 76.9 Å². The Bertz CT molecular complexity index is 954. The molecule has 0 saturated heterocycles. The number of carbonyl (C=O) groups excluding carboxylic acids is 1. The first-order valence-corrected chi connectivity index (χ1v) is 7.80. The molecule has 0 spiro atoms. The van der Waals surface area contributed by atoms with Crippen LogP contribution in [0, 0.1) is 0 Å². The van der Waals surface area contributed by atoms with Crippen molar-refractivity contribution in [3.8, 4) is 0 Å². The summed E-state index contributed by atoms with van der Waals surface area (Å²) in [5, 5.41) is 11.6. The van der Waals surface area contributed by atoms with Gasteiger partial charge in [-0.25, -0.2) is 4.68 Å². The summed E-state index contributed by atoms with van der Waals surface area (Å²) < 4.78 is 1.05. The number of rotatable bonds is 4. The van der Waals surface area contributed by atoms with Gasteiger partial charge in [-0.3, -0.25) is 9.59 Å². The summed E-state index contributed by atoms with van der Waals surface area (Å²) in [6, 6.07) is 13.9. The highest BCUT2D eigenvalue weighted by Gasteiger charge is 2.14. The van der Waals surface area contributed by atoms with Gasteiger partial charge >= 0.3 is 0 Å². The molecule has 24 heavy (non-hydrogen) atoms. The molecule has 6 nitrogen and oxygen atoms in total. The molecule has 0 radical (unpaired) electrons. The Morgan fingerprint density at radius 1 is 1.21 bits per heavy atom. The highest BCUT2D eigenvalue weighted by molar-refractivity contribution is 6.31. The summed E-state index contributed by atoms with van der Waals surface area (Å²) in [6.07, 6.45) is 0. The molecule has 0 aliphatic heterocycles. The lowest BCUT2D eigenvalue weighted by atomic mass is 10.1. The van der Waals surface area contributed by atoms with Crippen molar-refractivity contribution in [1.82, 2.24) is 20.3 Å². The van der Waals surface area contributed by atoms with E-state index in [1.807, 2.05) is 25.1 Å². The van der Waals surface area contributed by atoms with E-state index in [0.717, 1.165) is 10.2 Å². The van der Waals surface area contributed by atoms with Gasteiger partial charge in [0.05, 0.1) is 11.4 Å². The van der Waals surface area contributed by atoms with Crippen LogP contribution >= 0.6 is 11.6 Å². The number of nitrogens with zero attached hydrogens (tertiary/aromatic N) is 3. The van der Waals surface area contributed by atoms with Crippen molar-refractivity contribution in [2.75, 3.05) is 0 Å². The summed E-state index contributed by atoms with van der Waals surface area (Å²) in [4.78, 5) is 24.5. The van der Waals surface area contributed by atoms with Crippen LogP contribution in [0.4, 0.5) is 0 Å². The lowest BCUT2D eigenvalue weighted by Gasteiger charge is -2.15. The third-order valence-electron chi connectivity index (χ3n) is 3.67. The Morgan fingerprint density at radius 3 is 2.71 bits per heavy atom. The second-order valence-electron chi connectivity index (χ2n) is 5.38. The van der Waals surface area contributed by atoms with Crippen LogP contribution in [-0.4, -0.2) is 20.9 Å². The molecule has 0 saturated carbocycles. The summed E-state index contributed by atoms with van der Waals surface area (Å²) in [5.74, 6) is -0.339. The van der Waals surface area contributed by atoms with Gasteiger partial charge in [-0.15, -0.1) is 5.10 Å². The second-order valence-corrected chi connectivity index (χ2v) is 5.79. The fraction of sp³-hybridized carbons (Fsp3) is 0.176. The lowest BCUT2D eigenvalue weighted by molar-refractivity contribution is -0.122. The second kappa shape index (κ2) is 6.80. The molecule has 0 fully saturated rings. The van der Waals surface area contributed by atoms with Crippen LogP contribution in [0.3, 0.4) is 0 Å². The number of hydrogen-bond donors (Lipinski definition) is 1. The Balaban J connectivity index is 1.77. The van der Waals surface area contributed by atoms with Gasteiger partial charge < -0.3 is 5.32 Å². The van der Waals surface area contributed by atoms with E-state index in [9.17, 15) is 9.59 Å². The van der Waals surface area contributed by atoms with Crippen LogP contribution in [0.25, 0.3) is 10.9 Å². The summed E-state index contributed by atoms with van der Waals surface area (Å²) in [6.45, 7) is 1.62. The number of nitrogens with one attached hydrogen (secondary N) is 1. The van der Waals surface area contributed by atoms with Crippen LogP contribution in [0.1, 0.15) is 18.5 Å². The molecule has 1 amide bonds. The molecule has 3 aromatic rings. The number of halogens is 1. The third kappa shape index (κ3) is 3.28. The third-order valence-corrected chi connectivity index (χ3v) is 4.02. The highest BCUT2D eigenvalue weighted by atomic mass is 35.5. The summed E-state index contributed by atoms with van der Waals surface area (Å²) in [7, 11) is 0. The molecule has 0 aliphatic rings. The van der Waals surface area contributed by atoms with Crippen LogP contribution in [-0.2, 0) is 11.3 Å². The fourth-order valence-corrected chi connectivity index (χ4v) is 2.75. The molecule has 3 rings (SSSR count). The van der Waals surface area contributed by atoms with Crippen LogP contribution < -0.4 is 10.9 Å². The first kappa shape index (κ1) is 16.1. The number of fused-ring (bicyclic) bond motifs is 1. The standard InChI is InChI=1S/C17H15ClN4O2/c1-11(12-6-2-4-8-14(12)18)19-16(23)10-22-17(24)13-7-3-5-9-15(13)20-21-22/h2-9,11H,10H2,1H3,(H,19,23)/t11-/m1/s1. The van der Waals surface area contributed by atoms with Crippen molar-refractivity contribution >= 4 is 28.4 Å². The SMILES string of the molecule is C[C@@H](NC(=O)Cn1nnc2ccccc2c1=O)c1ccccc1Cl. The quantitative estimate of drug-likeness (QED) is 0.789. The van der Waals surface area contributed by atoms with Crippen molar-refractivity contribution in [3.63, 3.8) is 0 Å². The van der Waals surface area contributed by atoms with Gasteiger partial charge in [0, 0.05) is 5.02 Å². The van der Waals surface area contributed by atoms with Gasteiger partial charge in [-0.05, 0) is 30.7 Å². The largest absolute Gasteiger partial charge is 0.348 e. The number of carbonyl (C=O) groups is 1. The minimum atomic E-state index is -0.346. The molecule has 7 heteroatoms. The van der Waals surface area contributed by atoms with Crippen LogP contribution in [0.2, 0.25) is 5.02 Å². The molecule has 0 bridgehead atoms. The Morgan fingerprint density at radius 2 is 1.92 bits per heavy atom. The van der Waals surface area contributed by atoms with E-state index in [1.165, 1.54) is 0 Å². The Hall–Kier alpha value is -2.73. The fourth-order valence-electron chi connectivity index (χ4n) is 2.45. The van der Waals surface area contributed by atoms with Crippen molar-refractivity contribution in [2.45, 2.75) is 19.5 Å². The maximum atomic E-state index is 12.3. The molecule has 1 N–H and O–H groups in total. The van der Waals surface area contributed by atoms with Crippen molar-refractivity contribution in [3.05, 3.63) is 69.5 Å². The van der Waals surface area contributed by atoms with E-state index in [0.29, 0.717) is 15.9 Å². The average Bonchev–Trinajstić information content (AvgIpc) is 2.58. The van der Waals surface area contributed by atoms with Crippen molar-refractivity contribution in [2.24, 2.45) is 0 Å². The van der Waals surface area contributed by atoms with E-state index in [4.69, 9.17) is 11.6 Å². The molecule has 1 heterocycles. The lowest BCUT2D eigenvalue weighted by Crippen LogP contribution is -2.35. The maximum absolute atomic E-state index is 12.3. The Kier molecular flexibility index (Phi) is 4.57. The van der Waals surface area contributed by atoms with Gasteiger partial charge in [-0.1, -0.05) is 47.1 Å². The van der Waals surface area contributed by atoms with Gasteiger partial charge in [0.25, 0.3) is 5.56 Å². The highest BCUT2D eigenvalue weighted by Crippen LogP contribution is 2.21. The van der Waals surface area contributed by atoms with Crippen molar-refractivity contribution in [1.29, 1.82) is 0 Å². The molecular formula is C17H15ClN4O2. The number of hydrogen-bond acceptors (Lipinski definition) is 4. The molecular weight excluding hydrogens is 328 g/mol. The number of amides is 1. The smallest absolute Gasteiger partial charge is 0.278 e. The molecule has 1 aromatic heterocycles. The molecule has 1 atom stereocenters. The number of benzene rings is 2. The number of aromatic nitrogens is 3. The first-order valence-electron chi connectivity index (χ1n) is 7.42. The Labute approximate surface area is 143 Å². The van der Waals surface area contributed by atoms with Crippen LogP contribution in [0.15, 0.2) is 53.3 Å². The zero-order valence-corrected chi connectivity index (χ0v) is 13.7. The molecule has 2 aromatic carbocycles. The summed E-state index contributed by atoms with van der Waals surface area (Å²) in [5.41, 5.74) is 0.967. The van der Waals surface area contributed by atoms with E-state index >= 15 is 0 Å². The molecule has 0 unspecified atom stereocenters. The predicted octanol–water partition coefficient (Wildman–Crippen LogP) is 2.32. The minimum Gasteiger partial charge on any atom is -0.348 e. The van der Waals surface area contributed by atoms with E-state index in [2.05, 4.69) is 15.6 Å². The van der Waals surface area contributed by atoms with Gasteiger partial charge in [0.1, 0.15) is 12.1 Å². The van der Waals surface area contributed by atoms with E-state index < -0.39 is 0 Å². The first-order chi connectivity index (χ1) is 11.6.